The van der Waals surface area contributed by atoms with E-state index in [1.54, 1.807) is 18.2 Å². The Labute approximate surface area is 81.9 Å². The molecule has 0 aromatic heterocycles. The van der Waals surface area contributed by atoms with Crippen LogP contribution in [0, 0.1) is 0 Å². The summed E-state index contributed by atoms with van der Waals surface area (Å²) in [6.07, 6.45) is 0. The van der Waals surface area contributed by atoms with Gasteiger partial charge in [0.25, 0.3) is 0 Å². The summed E-state index contributed by atoms with van der Waals surface area (Å²) in [5.41, 5.74) is 11.7. The molecule has 0 amide bonds. The highest BCUT2D eigenvalue weighted by Crippen LogP contribution is 2.36. The molecule has 0 unspecified atom stereocenters. The molecule has 78 valence electrons. The third kappa shape index (κ3) is 2.20. The van der Waals surface area contributed by atoms with Crippen molar-refractivity contribution in [2.45, 2.75) is 13.1 Å². The van der Waals surface area contributed by atoms with Gasteiger partial charge in [0.05, 0.1) is 5.30 Å². The summed E-state index contributed by atoms with van der Waals surface area (Å²) in [5.74, 6) is 0. The van der Waals surface area contributed by atoms with E-state index in [0.717, 1.165) is 0 Å². The van der Waals surface area contributed by atoms with Crippen LogP contribution in [0.4, 0.5) is 0 Å². The van der Waals surface area contributed by atoms with Crippen molar-refractivity contribution in [3.8, 4) is 0 Å². The maximum absolute atomic E-state index is 11.2. The van der Waals surface area contributed by atoms with Crippen LogP contribution in [0.15, 0.2) is 18.2 Å². The Morgan fingerprint density at radius 1 is 1.14 bits per heavy atom. The molecule has 0 aliphatic carbocycles. The van der Waals surface area contributed by atoms with E-state index >= 15 is 0 Å². The van der Waals surface area contributed by atoms with Crippen LogP contribution in [0.3, 0.4) is 0 Å². The summed E-state index contributed by atoms with van der Waals surface area (Å²) in [4.78, 5) is 18.2. The molecule has 0 saturated carbocycles. The first-order valence-corrected chi connectivity index (χ1v) is 5.69. The third-order valence-corrected chi connectivity index (χ3v) is 3.09. The van der Waals surface area contributed by atoms with Crippen LogP contribution < -0.4 is 16.8 Å². The number of hydrogen-bond acceptors (Lipinski definition) is 3. The molecular weight excluding hydrogens is 203 g/mol. The fourth-order valence-electron chi connectivity index (χ4n) is 1.35. The van der Waals surface area contributed by atoms with E-state index in [0.29, 0.717) is 11.1 Å². The standard InChI is InChI=1S/C8H13N2O3P/c9-4-6-2-1-3-7(5-10)8(6)14(11,12)13/h1-3H,4-5,9-10H2,(H2,11,12,13). The fourth-order valence-corrected chi connectivity index (χ4v) is 2.43. The topological polar surface area (TPSA) is 110 Å². The first-order valence-electron chi connectivity index (χ1n) is 4.07. The van der Waals surface area contributed by atoms with Gasteiger partial charge in [-0.1, -0.05) is 18.2 Å². The van der Waals surface area contributed by atoms with Crippen molar-refractivity contribution in [3.05, 3.63) is 29.3 Å². The van der Waals surface area contributed by atoms with Gasteiger partial charge in [0, 0.05) is 13.1 Å². The SMILES string of the molecule is NCc1cccc(CN)c1P(=O)(O)O. The number of rotatable bonds is 3. The molecule has 6 N–H and O–H groups in total. The van der Waals surface area contributed by atoms with E-state index < -0.39 is 7.60 Å². The maximum atomic E-state index is 11.2. The number of nitrogens with two attached hydrogens (primary N) is 2. The van der Waals surface area contributed by atoms with Crippen LogP contribution in [0.2, 0.25) is 0 Å². The zero-order valence-corrected chi connectivity index (χ0v) is 8.45. The van der Waals surface area contributed by atoms with Crippen LogP contribution in [0.1, 0.15) is 11.1 Å². The molecule has 1 rings (SSSR count). The molecule has 5 nitrogen and oxygen atoms in total. The molecular formula is C8H13N2O3P. The lowest BCUT2D eigenvalue weighted by molar-refractivity contribution is 0.387. The monoisotopic (exact) mass is 216 g/mol. The smallest absolute Gasteiger partial charge is 0.326 e. The van der Waals surface area contributed by atoms with Crippen LogP contribution in [-0.4, -0.2) is 9.79 Å². The average Bonchev–Trinajstić information content (AvgIpc) is 2.15. The van der Waals surface area contributed by atoms with E-state index in [-0.39, 0.29) is 18.4 Å². The predicted octanol–water partition coefficient (Wildman–Crippen LogP) is -0.593. The lowest BCUT2D eigenvalue weighted by atomic mass is 10.1. The van der Waals surface area contributed by atoms with Crippen molar-refractivity contribution in [2.75, 3.05) is 0 Å². The van der Waals surface area contributed by atoms with Crippen LogP contribution in [0.5, 0.6) is 0 Å². The largest absolute Gasteiger partial charge is 0.356 e. The summed E-state index contributed by atoms with van der Waals surface area (Å²) >= 11 is 0. The predicted molar refractivity (Wildman–Crippen MR) is 53.9 cm³/mol. The molecule has 1 aromatic carbocycles. The number of hydrogen-bond donors (Lipinski definition) is 4. The van der Waals surface area contributed by atoms with Crippen molar-refractivity contribution >= 4 is 12.9 Å². The first kappa shape index (κ1) is 11.4. The van der Waals surface area contributed by atoms with Gasteiger partial charge in [-0.15, -0.1) is 0 Å². The minimum Gasteiger partial charge on any atom is -0.326 e. The Morgan fingerprint density at radius 3 is 1.86 bits per heavy atom. The summed E-state index contributed by atoms with van der Waals surface area (Å²) in [6, 6.07) is 4.87. The van der Waals surface area contributed by atoms with Gasteiger partial charge < -0.3 is 21.3 Å². The lowest BCUT2D eigenvalue weighted by Gasteiger charge is -2.13. The Balaban J connectivity index is 3.42. The van der Waals surface area contributed by atoms with Gasteiger partial charge in [0.1, 0.15) is 0 Å². The van der Waals surface area contributed by atoms with Crippen molar-refractivity contribution in [3.63, 3.8) is 0 Å². The molecule has 0 heterocycles. The molecule has 14 heavy (non-hydrogen) atoms. The quantitative estimate of drug-likeness (QED) is 0.505. The van der Waals surface area contributed by atoms with Gasteiger partial charge in [-0.25, -0.2) is 0 Å². The lowest BCUT2D eigenvalue weighted by Crippen LogP contribution is -2.21. The summed E-state index contributed by atoms with van der Waals surface area (Å²) in [7, 11) is -4.29. The average molecular weight is 216 g/mol. The molecule has 0 fully saturated rings. The zero-order valence-electron chi connectivity index (χ0n) is 7.55. The van der Waals surface area contributed by atoms with Gasteiger partial charge in [-0.3, -0.25) is 4.57 Å². The Kier molecular flexibility index (Phi) is 3.42. The Hall–Kier alpha value is -0.710. The summed E-state index contributed by atoms with van der Waals surface area (Å²) < 4.78 is 11.2. The van der Waals surface area contributed by atoms with Crippen molar-refractivity contribution in [1.82, 2.24) is 0 Å². The fraction of sp³-hybridized carbons (Fsp3) is 0.250. The molecule has 6 heteroatoms. The molecule has 0 atom stereocenters. The highest BCUT2D eigenvalue weighted by atomic mass is 31.2. The van der Waals surface area contributed by atoms with Crippen molar-refractivity contribution < 1.29 is 14.4 Å². The second kappa shape index (κ2) is 4.21. The van der Waals surface area contributed by atoms with Gasteiger partial charge in [-0.2, -0.15) is 0 Å². The van der Waals surface area contributed by atoms with Gasteiger partial charge in [0.15, 0.2) is 0 Å². The van der Waals surface area contributed by atoms with E-state index in [1.807, 2.05) is 0 Å². The molecule has 0 saturated heterocycles. The number of benzene rings is 1. The van der Waals surface area contributed by atoms with E-state index in [1.165, 1.54) is 0 Å². The van der Waals surface area contributed by atoms with Gasteiger partial charge >= 0.3 is 7.60 Å². The normalized spacial score (nSPS) is 11.7. The van der Waals surface area contributed by atoms with Crippen molar-refractivity contribution in [1.29, 1.82) is 0 Å². The molecule has 0 bridgehead atoms. The zero-order chi connectivity index (χ0) is 10.8. The Bertz CT molecular complexity index is 353. The second-order valence-corrected chi connectivity index (χ2v) is 4.41. The summed E-state index contributed by atoms with van der Waals surface area (Å²) in [5, 5.41) is -0.0231. The maximum Gasteiger partial charge on any atom is 0.356 e. The van der Waals surface area contributed by atoms with E-state index in [4.69, 9.17) is 21.3 Å². The molecule has 0 radical (unpaired) electrons. The first-order chi connectivity index (χ1) is 6.50. The third-order valence-electron chi connectivity index (χ3n) is 1.93. The van der Waals surface area contributed by atoms with Crippen LogP contribution in [-0.2, 0) is 17.7 Å². The van der Waals surface area contributed by atoms with Gasteiger partial charge in [0.2, 0.25) is 0 Å². The molecule has 1 aromatic rings. The van der Waals surface area contributed by atoms with Crippen LogP contribution >= 0.6 is 7.60 Å². The minimum absolute atomic E-state index is 0.0231. The summed E-state index contributed by atoms with van der Waals surface area (Å²) in [6.45, 7) is 0.183. The van der Waals surface area contributed by atoms with Crippen LogP contribution in [0.25, 0.3) is 0 Å². The molecule has 0 aliphatic rings. The van der Waals surface area contributed by atoms with Crippen molar-refractivity contribution in [2.24, 2.45) is 11.5 Å². The van der Waals surface area contributed by atoms with Gasteiger partial charge in [-0.05, 0) is 11.1 Å². The highest BCUT2D eigenvalue weighted by molar-refractivity contribution is 7.60. The minimum atomic E-state index is -4.29. The Morgan fingerprint density at radius 2 is 1.57 bits per heavy atom. The van der Waals surface area contributed by atoms with E-state index in [2.05, 4.69) is 0 Å². The molecule has 0 aliphatic heterocycles. The van der Waals surface area contributed by atoms with E-state index in [9.17, 15) is 4.57 Å². The molecule has 0 spiro atoms. The second-order valence-electron chi connectivity index (χ2n) is 2.88. The highest BCUT2D eigenvalue weighted by Gasteiger charge is 2.23.